The van der Waals surface area contributed by atoms with Gasteiger partial charge in [-0.3, -0.25) is 4.98 Å². The summed E-state index contributed by atoms with van der Waals surface area (Å²) in [6.07, 6.45) is 10.3. The number of rotatable bonds is 1. The van der Waals surface area contributed by atoms with Crippen LogP contribution in [0.15, 0.2) is 36.8 Å². The summed E-state index contributed by atoms with van der Waals surface area (Å²) in [7, 11) is 0. The van der Waals surface area contributed by atoms with E-state index in [2.05, 4.69) is 20.9 Å². The molecule has 0 unspecified atom stereocenters. The Bertz CT molecular complexity index is 471. The largest absolute Gasteiger partial charge is 0.264 e. The molecule has 14 heavy (non-hydrogen) atoms. The van der Waals surface area contributed by atoms with Crippen LogP contribution in [0.4, 0.5) is 0 Å². The van der Waals surface area contributed by atoms with Crippen molar-refractivity contribution >= 4 is 0 Å². The average molecular weight is 181 g/mol. The lowest BCUT2D eigenvalue weighted by molar-refractivity contribution is 1.13. The molecule has 2 aromatic heterocycles. The molecule has 0 radical (unpaired) electrons. The standard InChI is InChI=1S/C11H7N3/c1-2-11-13-7-5-10(14-11)9-4-3-6-12-8-9/h1,3-8H. The predicted octanol–water partition coefficient (Wildman–Crippen LogP) is 1.52. The van der Waals surface area contributed by atoms with Crippen molar-refractivity contribution in [3.05, 3.63) is 42.6 Å². The van der Waals surface area contributed by atoms with Crippen molar-refractivity contribution in [3.8, 4) is 23.6 Å². The van der Waals surface area contributed by atoms with E-state index < -0.39 is 0 Å². The quantitative estimate of drug-likeness (QED) is 0.626. The Kier molecular flexibility index (Phi) is 2.20. The second-order valence-electron chi connectivity index (χ2n) is 2.65. The molecule has 0 aliphatic heterocycles. The highest BCUT2D eigenvalue weighted by molar-refractivity contribution is 5.57. The Balaban J connectivity index is 2.49. The molecule has 0 amide bonds. The molecule has 0 fully saturated rings. The van der Waals surface area contributed by atoms with Crippen molar-refractivity contribution in [2.75, 3.05) is 0 Å². The number of pyridine rings is 1. The monoisotopic (exact) mass is 181 g/mol. The zero-order chi connectivity index (χ0) is 9.80. The molecule has 0 bridgehead atoms. The maximum absolute atomic E-state index is 5.21. The van der Waals surface area contributed by atoms with Crippen molar-refractivity contribution in [2.24, 2.45) is 0 Å². The summed E-state index contributed by atoms with van der Waals surface area (Å²) in [5.74, 6) is 2.79. The second kappa shape index (κ2) is 3.67. The maximum Gasteiger partial charge on any atom is 0.205 e. The predicted molar refractivity (Wildman–Crippen MR) is 53.2 cm³/mol. The summed E-state index contributed by atoms with van der Waals surface area (Å²) in [5.41, 5.74) is 1.73. The maximum atomic E-state index is 5.21. The molecule has 0 atom stereocenters. The van der Waals surface area contributed by atoms with Crippen molar-refractivity contribution in [1.29, 1.82) is 0 Å². The third-order valence-electron chi connectivity index (χ3n) is 1.74. The Hall–Kier alpha value is -2.21. The molecule has 66 valence electrons. The van der Waals surface area contributed by atoms with Crippen LogP contribution < -0.4 is 0 Å². The molecular formula is C11H7N3. The van der Waals surface area contributed by atoms with E-state index in [-0.39, 0.29) is 0 Å². The molecule has 0 saturated heterocycles. The zero-order valence-corrected chi connectivity index (χ0v) is 7.38. The number of nitrogens with zero attached hydrogens (tertiary/aromatic N) is 3. The first-order valence-corrected chi connectivity index (χ1v) is 4.10. The molecule has 0 spiro atoms. The lowest BCUT2D eigenvalue weighted by Crippen LogP contribution is -1.90. The highest BCUT2D eigenvalue weighted by atomic mass is 14.9. The number of terminal acetylenes is 1. The summed E-state index contributed by atoms with van der Waals surface area (Å²) >= 11 is 0. The summed E-state index contributed by atoms with van der Waals surface area (Å²) in [4.78, 5) is 12.1. The van der Waals surface area contributed by atoms with Crippen molar-refractivity contribution in [3.63, 3.8) is 0 Å². The molecule has 0 aliphatic carbocycles. The van der Waals surface area contributed by atoms with Crippen LogP contribution in [0.3, 0.4) is 0 Å². The minimum Gasteiger partial charge on any atom is -0.264 e. The average Bonchev–Trinajstić information content (AvgIpc) is 2.30. The van der Waals surface area contributed by atoms with Gasteiger partial charge in [-0.15, -0.1) is 6.42 Å². The van der Waals surface area contributed by atoms with Gasteiger partial charge in [0.15, 0.2) is 0 Å². The highest BCUT2D eigenvalue weighted by Gasteiger charge is 1.99. The molecule has 3 heteroatoms. The third-order valence-corrected chi connectivity index (χ3v) is 1.74. The number of hydrogen-bond acceptors (Lipinski definition) is 3. The van der Waals surface area contributed by atoms with Gasteiger partial charge in [-0.1, -0.05) is 0 Å². The zero-order valence-electron chi connectivity index (χ0n) is 7.38. The summed E-state index contributed by atoms with van der Waals surface area (Å²) in [6.45, 7) is 0. The molecule has 2 rings (SSSR count). The first-order chi connectivity index (χ1) is 6.90. The van der Waals surface area contributed by atoms with Gasteiger partial charge in [0.25, 0.3) is 0 Å². The third kappa shape index (κ3) is 1.59. The van der Waals surface area contributed by atoms with Gasteiger partial charge in [0.05, 0.1) is 5.69 Å². The van der Waals surface area contributed by atoms with Crippen LogP contribution in [-0.4, -0.2) is 15.0 Å². The number of aromatic nitrogens is 3. The minimum atomic E-state index is 0.395. The highest BCUT2D eigenvalue weighted by Crippen LogP contribution is 2.13. The van der Waals surface area contributed by atoms with Gasteiger partial charge in [0, 0.05) is 24.2 Å². The van der Waals surface area contributed by atoms with E-state index >= 15 is 0 Å². The van der Waals surface area contributed by atoms with E-state index in [1.165, 1.54) is 0 Å². The lowest BCUT2D eigenvalue weighted by Gasteiger charge is -1.98. The van der Waals surface area contributed by atoms with Gasteiger partial charge in [-0.2, -0.15) is 0 Å². The first kappa shape index (κ1) is 8.39. The Morgan fingerprint density at radius 2 is 2.14 bits per heavy atom. The van der Waals surface area contributed by atoms with Gasteiger partial charge in [-0.05, 0) is 24.1 Å². The van der Waals surface area contributed by atoms with E-state index in [1.54, 1.807) is 24.7 Å². The lowest BCUT2D eigenvalue weighted by atomic mass is 10.2. The molecule has 0 N–H and O–H groups in total. The molecular weight excluding hydrogens is 174 g/mol. The smallest absolute Gasteiger partial charge is 0.205 e. The van der Waals surface area contributed by atoms with Gasteiger partial charge in [0.1, 0.15) is 0 Å². The van der Waals surface area contributed by atoms with E-state index in [4.69, 9.17) is 6.42 Å². The first-order valence-electron chi connectivity index (χ1n) is 4.10. The fourth-order valence-electron chi connectivity index (χ4n) is 1.10. The molecule has 2 heterocycles. The minimum absolute atomic E-state index is 0.395. The van der Waals surface area contributed by atoms with Gasteiger partial charge < -0.3 is 0 Å². The van der Waals surface area contributed by atoms with Gasteiger partial charge >= 0.3 is 0 Å². The van der Waals surface area contributed by atoms with Crippen LogP contribution >= 0.6 is 0 Å². The topological polar surface area (TPSA) is 38.7 Å². The van der Waals surface area contributed by atoms with Crippen LogP contribution in [0.25, 0.3) is 11.3 Å². The van der Waals surface area contributed by atoms with Crippen molar-refractivity contribution in [1.82, 2.24) is 15.0 Å². The number of hydrogen-bond donors (Lipinski definition) is 0. The van der Waals surface area contributed by atoms with E-state index in [0.717, 1.165) is 11.3 Å². The van der Waals surface area contributed by atoms with Crippen LogP contribution in [0.1, 0.15) is 5.82 Å². The molecule has 0 saturated carbocycles. The second-order valence-corrected chi connectivity index (χ2v) is 2.65. The van der Waals surface area contributed by atoms with Crippen LogP contribution in [0.2, 0.25) is 0 Å². The Morgan fingerprint density at radius 1 is 1.21 bits per heavy atom. The fourth-order valence-corrected chi connectivity index (χ4v) is 1.10. The Labute approximate surface area is 81.9 Å². The summed E-state index contributed by atoms with van der Waals surface area (Å²) in [5, 5.41) is 0. The van der Waals surface area contributed by atoms with Crippen LogP contribution in [0, 0.1) is 12.3 Å². The molecule has 0 aromatic carbocycles. The van der Waals surface area contributed by atoms with Crippen LogP contribution in [-0.2, 0) is 0 Å². The van der Waals surface area contributed by atoms with Crippen LogP contribution in [0.5, 0.6) is 0 Å². The van der Waals surface area contributed by atoms with Crippen molar-refractivity contribution in [2.45, 2.75) is 0 Å². The summed E-state index contributed by atoms with van der Waals surface area (Å²) < 4.78 is 0. The van der Waals surface area contributed by atoms with Crippen molar-refractivity contribution < 1.29 is 0 Å². The molecule has 3 nitrogen and oxygen atoms in total. The SMILES string of the molecule is C#Cc1nccc(-c2cccnc2)n1. The Morgan fingerprint density at radius 3 is 2.86 bits per heavy atom. The van der Waals surface area contributed by atoms with E-state index in [9.17, 15) is 0 Å². The fraction of sp³-hybridized carbons (Fsp3) is 0. The van der Waals surface area contributed by atoms with E-state index in [0.29, 0.717) is 5.82 Å². The molecule has 2 aromatic rings. The van der Waals surface area contributed by atoms with Gasteiger partial charge in [0.2, 0.25) is 5.82 Å². The summed E-state index contributed by atoms with van der Waals surface area (Å²) in [6, 6.07) is 5.58. The van der Waals surface area contributed by atoms with E-state index in [1.807, 2.05) is 12.1 Å². The molecule has 0 aliphatic rings. The normalized spacial score (nSPS) is 9.36. The van der Waals surface area contributed by atoms with Gasteiger partial charge in [-0.25, -0.2) is 9.97 Å².